The minimum atomic E-state index is -0.146. The number of H-pyrrole nitrogens is 1. The van der Waals surface area contributed by atoms with Gasteiger partial charge in [-0.25, -0.2) is 0 Å². The average molecular weight is 325 g/mol. The van der Waals surface area contributed by atoms with Gasteiger partial charge in [0.2, 0.25) is 11.9 Å². The Morgan fingerprint density at radius 2 is 1.88 bits per heavy atom. The molecule has 8 heteroatoms. The monoisotopic (exact) mass is 325 g/mol. The smallest absolute Gasteiger partial charge is 0.280 e. The molecule has 1 aromatic carbocycles. The van der Waals surface area contributed by atoms with Gasteiger partial charge in [0.15, 0.2) is 11.2 Å². The van der Waals surface area contributed by atoms with Gasteiger partial charge in [0.05, 0.1) is 0 Å². The lowest BCUT2D eigenvalue weighted by atomic mass is 10.3. The predicted molar refractivity (Wildman–Crippen MR) is 93.9 cm³/mol. The van der Waals surface area contributed by atoms with E-state index >= 15 is 0 Å². The van der Waals surface area contributed by atoms with Crippen molar-refractivity contribution < 1.29 is 0 Å². The molecule has 3 aromatic rings. The fraction of sp³-hybridized carbons (Fsp3) is 0.312. The zero-order valence-electron chi connectivity index (χ0n) is 13.4. The van der Waals surface area contributed by atoms with E-state index in [9.17, 15) is 4.79 Å². The minimum absolute atomic E-state index is 0.146. The fourth-order valence-electron chi connectivity index (χ4n) is 2.81. The summed E-state index contributed by atoms with van der Waals surface area (Å²) in [4.78, 5) is 26.9. The lowest BCUT2D eigenvalue weighted by Gasteiger charge is -2.26. The zero-order chi connectivity index (χ0) is 16.5. The molecule has 8 nitrogen and oxygen atoms in total. The summed E-state index contributed by atoms with van der Waals surface area (Å²) in [5.41, 5.74) is 1.60. The normalized spacial score (nSPS) is 15.0. The van der Waals surface area contributed by atoms with Crippen molar-refractivity contribution in [2.75, 3.05) is 36.4 Å². The molecule has 3 heterocycles. The number of nitrogens with zero attached hydrogens (tertiary/aromatic N) is 4. The van der Waals surface area contributed by atoms with Crippen LogP contribution in [0.5, 0.6) is 0 Å². The SMILES string of the molecule is Cn1c(Nc2ccccc2)nc2nc(N3CCNCC3)[nH]c2c1=O. The highest BCUT2D eigenvalue weighted by Gasteiger charge is 2.18. The van der Waals surface area contributed by atoms with Crippen molar-refractivity contribution in [1.82, 2.24) is 24.8 Å². The van der Waals surface area contributed by atoms with E-state index in [1.54, 1.807) is 7.05 Å². The molecule has 0 spiro atoms. The Bertz CT molecular complexity index is 909. The Kier molecular flexibility index (Phi) is 3.66. The summed E-state index contributed by atoms with van der Waals surface area (Å²) in [5.74, 6) is 1.17. The van der Waals surface area contributed by atoms with Crippen LogP contribution in [-0.4, -0.2) is 45.7 Å². The Balaban J connectivity index is 1.74. The van der Waals surface area contributed by atoms with E-state index in [0.717, 1.165) is 31.9 Å². The molecular formula is C16H19N7O. The third-order valence-electron chi connectivity index (χ3n) is 4.17. The first kappa shape index (κ1) is 14.7. The maximum atomic E-state index is 12.6. The third kappa shape index (κ3) is 2.61. The molecule has 1 saturated heterocycles. The topological polar surface area (TPSA) is 90.9 Å². The van der Waals surface area contributed by atoms with Gasteiger partial charge in [0, 0.05) is 38.9 Å². The molecule has 3 N–H and O–H groups in total. The Morgan fingerprint density at radius 1 is 1.12 bits per heavy atom. The largest absolute Gasteiger partial charge is 0.340 e. The molecular weight excluding hydrogens is 306 g/mol. The molecule has 24 heavy (non-hydrogen) atoms. The van der Waals surface area contributed by atoms with Crippen molar-refractivity contribution in [2.45, 2.75) is 0 Å². The summed E-state index contributed by atoms with van der Waals surface area (Å²) in [7, 11) is 1.70. The van der Waals surface area contributed by atoms with Crippen LogP contribution in [0.2, 0.25) is 0 Å². The number of rotatable bonds is 3. The van der Waals surface area contributed by atoms with Crippen LogP contribution in [0.4, 0.5) is 17.6 Å². The summed E-state index contributed by atoms with van der Waals surface area (Å²) < 4.78 is 1.50. The summed E-state index contributed by atoms with van der Waals surface area (Å²) >= 11 is 0. The Labute approximate surface area is 138 Å². The van der Waals surface area contributed by atoms with E-state index in [1.165, 1.54) is 4.57 Å². The summed E-state index contributed by atoms with van der Waals surface area (Å²) in [6.07, 6.45) is 0. The van der Waals surface area contributed by atoms with Crippen LogP contribution in [0.15, 0.2) is 35.1 Å². The lowest BCUT2D eigenvalue weighted by Crippen LogP contribution is -2.44. The minimum Gasteiger partial charge on any atom is -0.340 e. The second-order valence-corrected chi connectivity index (χ2v) is 5.79. The maximum absolute atomic E-state index is 12.6. The quantitative estimate of drug-likeness (QED) is 0.660. The first-order valence-corrected chi connectivity index (χ1v) is 7.97. The number of fused-ring (bicyclic) bond motifs is 1. The number of hydrogen-bond donors (Lipinski definition) is 3. The molecule has 0 bridgehead atoms. The molecule has 0 aliphatic carbocycles. The average Bonchev–Trinajstić information content (AvgIpc) is 3.05. The number of aromatic nitrogens is 4. The molecule has 0 amide bonds. The molecule has 1 aliphatic heterocycles. The van der Waals surface area contributed by atoms with Crippen LogP contribution >= 0.6 is 0 Å². The molecule has 1 fully saturated rings. The lowest BCUT2D eigenvalue weighted by molar-refractivity contribution is 0.582. The highest BCUT2D eigenvalue weighted by molar-refractivity contribution is 5.74. The van der Waals surface area contributed by atoms with Crippen molar-refractivity contribution >= 4 is 28.7 Å². The van der Waals surface area contributed by atoms with Crippen LogP contribution in [0.1, 0.15) is 0 Å². The summed E-state index contributed by atoms with van der Waals surface area (Å²) in [5, 5.41) is 6.47. The van der Waals surface area contributed by atoms with Crippen molar-refractivity contribution in [3.05, 3.63) is 40.7 Å². The predicted octanol–water partition coefficient (Wildman–Crippen LogP) is 0.810. The molecule has 0 atom stereocenters. The number of para-hydroxylation sites is 1. The first-order valence-electron chi connectivity index (χ1n) is 7.97. The summed E-state index contributed by atoms with van der Waals surface area (Å²) in [6.45, 7) is 3.52. The van der Waals surface area contributed by atoms with E-state index in [1.807, 2.05) is 30.3 Å². The number of nitrogens with one attached hydrogen (secondary N) is 3. The standard InChI is InChI=1S/C16H19N7O/c1-22-14(24)12-13(20-15(22)18-11-5-3-2-4-6-11)21-16(19-12)23-9-7-17-8-10-23/h2-6,17H,7-10H2,1H3,(H,18,20)(H,19,21). The fourth-order valence-corrected chi connectivity index (χ4v) is 2.81. The van der Waals surface area contributed by atoms with Gasteiger partial charge < -0.3 is 20.5 Å². The maximum Gasteiger partial charge on any atom is 0.280 e. The Hall–Kier alpha value is -2.87. The van der Waals surface area contributed by atoms with Crippen LogP contribution in [0.25, 0.3) is 11.2 Å². The highest BCUT2D eigenvalue weighted by atomic mass is 16.1. The first-order chi connectivity index (χ1) is 11.7. The van der Waals surface area contributed by atoms with Gasteiger partial charge in [-0.15, -0.1) is 0 Å². The third-order valence-corrected chi connectivity index (χ3v) is 4.17. The number of hydrogen-bond acceptors (Lipinski definition) is 6. The van der Waals surface area contributed by atoms with Crippen molar-refractivity contribution in [1.29, 1.82) is 0 Å². The van der Waals surface area contributed by atoms with Crippen molar-refractivity contribution in [3.63, 3.8) is 0 Å². The molecule has 124 valence electrons. The van der Waals surface area contributed by atoms with Gasteiger partial charge in [-0.2, -0.15) is 9.97 Å². The Morgan fingerprint density at radius 3 is 2.62 bits per heavy atom. The van der Waals surface area contributed by atoms with E-state index < -0.39 is 0 Å². The second-order valence-electron chi connectivity index (χ2n) is 5.79. The molecule has 4 rings (SSSR count). The van der Waals surface area contributed by atoms with Gasteiger partial charge in [0.1, 0.15) is 0 Å². The van der Waals surface area contributed by atoms with Crippen LogP contribution in [0.3, 0.4) is 0 Å². The van der Waals surface area contributed by atoms with E-state index in [0.29, 0.717) is 23.1 Å². The molecule has 0 saturated carbocycles. The van der Waals surface area contributed by atoms with Crippen molar-refractivity contribution in [3.8, 4) is 0 Å². The van der Waals surface area contributed by atoms with Gasteiger partial charge in [-0.1, -0.05) is 18.2 Å². The van der Waals surface area contributed by atoms with E-state index in [4.69, 9.17) is 0 Å². The van der Waals surface area contributed by atoms with Gasteiger partial charge >= 0.3 is 0 Å². The molecule has 2 aromatic heterocycles. The van der Waals surface area contributed by atoms with E-state index in [-0.39, 0.29) is 5.56 Å². The number of piperazine rings is 1. The highest BCUT2D eigenvalue weighted by Crippen LogP contribution is 2.17. The molecule has 0 radical (unpaired) electrons. The number of aromatic amines is 1. The van der Waals surface area contributed by atoms with Gasteiger partial charge in [-0.05, 0) is 12.1 Å². The molecule has 1 aliphatic rings. The van der Waals surface area contributed by atoms with Gasteiger partial charge in [-0.3, -0.25) is 9.36 Å². The van der Waals surface area contributed by atoms with Crippen LogP contribution < -0.4 is 21.1 Å². The second kappa shape index (κ2) is 5.97. The van der Waals surface area contributed by atoms with E-state index in [2.05, 4.69) is 30.5 Å². The van der Waals surface area contributed by atoms with Crippen LogP contribution in [-0.2, 0) is 7.05 Å². The number of anilines is 3. The number of imidazole rings is 1. The van der Waals surface area contributed by atoms with Crippen molar-refractivity contribution in [2.24, 2.45) is 7.05 Å². The number of benzene rings is 1. The zero-order valence-corrected chi connectivity index (χ0v) is 13.4. The molecule has 0 unspecified atom stereocenters. The summed E-state index contributed by atoms with van der Waals surface area (Å²) in [6, 6.07) is 9.64. The van der Waals surface area contributed by atoms with Crippen LogP contribution in [0, 0.1) is 0 Å². The van der Waals surface area contributed by atoms with Gasteiger partial charge in [0.25, 0.3) is 5.56 Å².